The van der Waals surface area contributed by atoms with Crippen molar-refractivity contribution < 1.29 is 9.53 Å². The molecular formula is C22H24N4O3. The van der Waals surface area contributed by atoms with Gasteiger partial charge >= 0.3 is 0 Å². The number of methoxy groups -OCH3 is 1. The average molecular weight is 392 g/mol. The van der Waals surface area contributed by atoms with Gasteiger partial charge in [-0.05, 0) is 36.8 Å². The fraction of sp³-hybridized carbons (Fsp3) is 0.227. The number of ether oxygens (including phenoxy) is 1. The Hall–Kier alpha value is -3.61. The Morgan fingerprint density at radius 2 is 1.76 bits per heavy atom. The molecule has 0 fully saturated rings. The Labute approximate surface area is 169 Å². The second kappa shape index (κ2) is 8.60. The van der Waals surface area contributed by atoms with Crippen molar-refractivity contribution in [2.24, 2.45) is 0 Å². The van der Waals surface area contributed by atoms with Crippen LogP contribution in [0.1, 0.15) is 21.6 Å². The summed E-state index contributed by atoms with van der Waals surface area (Å²) in [4.78, 5) is 27.0. The zero-order chi connectivity index (χ0) is 21.0. The normalized spacial score (nSPS) is 10.5. The number of benzene rings is 2. The van der Waals surface area contributed by atoms with Crippen LogP contribution >= 0.6 is 0 Å². The fourth-order valence-corrected chi connectivity index (χ4v) is 2.79. The lowest BCUT2D eigenvalue weighted by Gasteiger charge is -2.14. The maximum Gasteiger partial charge on any atom is 0.276 e. The third-order valence-corrected chi connectivity index (χ3v) is 4.51. The number of rotatable bonds is 6. The maximum absolute atomic E-state index is 12.6. The van der Waals surface area contributed by atoms with E-state index in [0.717, 1.165) is 16.8 Å². The molecule has 1 aromatic heterocycles. The molecule has 0 radical (unpaired) electrons. The van der Waals surface area contributed by atoms with Crippen LogP contribution in [-0.2, 0) is 6.54 Å². The van der Waals surface area contributed by atoms with Gasteiger partial charge in [-0.2, -0.15) is 5.10 Å². The van der Waals surface area contributed by atoms with Crippen LogP contribution in [-0.4, -0.2) is 36.9 Å². The third-order valence-electron chi connectivity index (χ3n) is 4.51. The first-order valence-electron chi connectivity index (χ1n) is 9.19. The molecule has 0 unspecified atom stereocenters. The van der Waals surface area contributed by atoms with Crippen molar-refractivity contribution >= 4 is 11.6 Å². The molecule has 0 atom stereocenters. The number of hydrogen-bond acceptors (Lipinski definition) is 5. The second-order valence-corrected chi connectivity index (χ2v) is 6.89. The zero-order valence-electron chi connectivity index (χ0n) is 17.0. The highest BCUT2D eigenvalue weighted by Gasteiger charge is 2.17. The minimum absolute atomic E-state index is 0.184. The number of nitrogens with one attached hydrogen (secondary N) is 1. The van der Waals surface area contributed by atoms with Gasteiger partial charge in [0.2, 0.25) is 11.3 Å². The van der Waals surface area contributed by atoms with E-state index in [-0.39, 0.29) is 11.6 Å². The van der Waals surface area contributed by atoms with Crippen molar-refractivity contribution in [1.82, 2.24) is 15.1 Å². The summed E-state index contributed by atoms with van der Waals surface area (Å²) >= 11 is 0. The first kappa shape index (κ1) is 20.1. The van der Waals surface area contributed by atoms with Gasteiger partial charge in [0.05, 0.1) is 18.9 Å². The summed E-state index contributed by atoms with van der Waals surface area (Å²) in [7, 11) is 5.38. The largest absolute Gasteiger partial charge is 0.481 e. The summed E-state index contributed by atoms with van der Waals surface area (Å²) in [5, 5.41) is 7.01. The monoisotopic (exact) mass is 392 g/mol. The summed E-state index contributed by atoms with van der Waals surface area (Å²) in [6, 6.07) is 16.6. The van der Waals surface area contributed by atoms with Gasteiger partial charge in [-0.1, -0.05) is 29.8 Å². The molecule has 1 heterocycles. The maximum atomic E-state index is 12.6. The van der Waals surface area contributed by atoms with Crippen molar-refractivity contribution in [2.75, 3.05) is 26.1 Å². The lowest BCUT2D eigenvalue weighted by Crippen LogP contribution is -2.31. The van der Waals surface area contributed by atoms with Gasteiger partial charge < -0.3 is 15.0 Å². The SMILES string of the molecule is COc1cc(=O)c(C(=O)NCc2ccc(N(C)C)cc2)nn1-c1ccc(C)cc1. The number of aromatic nitrogens is 2. The van der Waals surface area contributed by atoms with Gasteiger partial charge in [-0.25, -0.2) is 4.68 Å². The molecule has 0 aliphatic rings. The lowest BCUT2D eigenvalue weighted by molar-refractivity contribution is 0.0942. The lowest BCUT2D eigenvalue weighted by atomic mass is 10.2. The van der Waals surface area contributed by atoms with E-state index >= 15 is 0 Å². The summed E-state index contributed by atoms with van der Waals surface area (Å²) in [6.45, 7) is 2.27. The number of nitrogens with zero attached hydrogens (tertiary/aromatic N) is 3. The van der Waals surface area contributed by atoms with E-state index in [1.165, 1.54) is 17.9 Å². The average Bonchev–Trinajstić information content (AvgIpc) is 2.72. The molecule has 3 aromatic rings. The fourth-order valence-electron chi connectivity index (χ4n) is 2.79. The Bertz CT molecular complexity index is 1050. The molecule has 7 nitrogen and oxygen atoms in total. The second-order valence-electron chi connectivity index (χ2n) is 6.89. The van der Waals surface area contributed by atoms with E-state index in [1.807, 2.05) is 74.4 Å². The zero-order valence-corrected chi connectivity index (χ0v) is 17.0. The number of amides is 1. The first-order chi connectivity index (χ1) is 13.9. The number of hydrogen-bond donors (Lipinski definition) is 1. The first-order valence-corrected chi connectivity index (χ1v) is 9.19. The predicted octanol–water partition coefficient (Wildman–Crippen LogP) is 2.55. The van der Waals surface area contributed by atoms with Crippen molar-refractivity contribution in [3.05, 3.63) is 81.6 Å². The highest BCUT2D eigenvalue weighted by Crippen LogP contribution is 2.16. The highest BCUT2D eigenvalue weighted by atomic mass is 16.5. The van der Waals surface area contributed by atoms with Crippen LogP contribution < -0.4 is 20.4 Å². The van der Waals surface area contributed by atoms with Crippen LogP contribution in [0.25, 0.3) is 5.69 Å². The van der Waals surface area contributed by atoms with Gasteiger partial charge in [0.15, 0.2) is 5.69 Å². The van der Waals surface area contributed by atoms with Gasteiger partial charge in [-0.3, -0.25) is 9.59 Å². The molecule has 1 N–H and O–H groups in total. The quantitative estimate of drug-likeness (QED) is 0.698. The van der Waals surface area contributed by atoms with E-state index in [0.29, 0.717) is 12.2 Å². The van der Waals surface area contributed by atoms with Crippen molar-refractivity contribution in [2.45, 2.75) is 13.5 Å². The predicted molar refractivity (Wildman–Crippen MR) is 113 cm³/mol. The summed E-state index contributed by atoms with van der Waals surface area (Å²) in [5.74, 6) is -0.273. The highest BCUT2D eigenvalue weighted by molar-refractivity contribution is 5.92. The van der Waals surface area contributed by atoms with Crippen LogP contribution in [0, 0.1) is 6.92 Å². The molecule has 0 aliphatic carbocycles. The summed E-state index contributed by atoms with van der Waals surface area (Å²) < 4.78 is 6.72. The van der Waals surface area contributed by atoms with Crippen LogP contribution in [0.5, 0.6) is 5.88 Å². The van der Waals surface area contributed by atoms with E-state index in [2.05, 4.69) is 10.4 Å². The number of carbonyl (C=O) groups excluding carboxylic acids is 1. The standard InChI is InChI=1S/C22H24N4O3/c1-15-5-9-18(10-6-15)26-20(29-4)13-19(27)21(24-26)22(28)23-14-16-7-11-17(12-8-16)25(2)3/h5-13H,14H2,1-4H3,(H,23,28). The smallest absolute Gasteiger partial charge is 0.276 e. The summed E-state index contributed by atoms with van der Waals surface area (Å²) in [5.41, 5.74) is 3.10. The number of anilines is 1. The summed E-state index contributed by atoms with van der Waals surface area (Å²) in [6.07, 6.45) is 0. The third kappa shape index (κ3) is 4.63. The molecule has 0 spiro atoms. The van der Waals surface area contributed by atoms with E-state index in [9.17, 15) is 9.59 Å². The topological polar surface area (TPSA) is 76.5 Å². The Kier molecular flexibility index (Phi) is 5.97. The molecule has 2 aromatic carbocycles. The minimum atomic E-state index is -0.532. The Morgan fingerprint density at radius 1 is 1.10 bits per heavy atom. The molecule has 7 heteroatoms. The van der Waals surface area contributed by atoms with Gasteiger partial charge in [0.1, 0.15) is 0 Å². The van der Waals surface area contributed by atoms with Gasteiger partial charge in [0, 0.05) is 26.3 Å². The number of carbonyl (C=O) groups is 1. The molecular weight excluding hydrogens is 368 g/mol. The van der Waals surface area contributed by atoms with Crippen molar-refractivity contribution in [1.29, 1.82) is 0 Å². The van der Waals surface area contributed by atoms with E-state index < -0.39 is 11.3 Å². The molecule has 29 heavy (non-hydrogen) atoms. The van der Waals surface area contributed by atoms with E-state index in [1.54, 1.807) is 0 Å². The molecule has 150 valence electrons. The molecule has 1 amide bonds. The van der Waals surface area contributed by atoms with Crippen LogP contribution in [0.2, 0.25) is 0 Å². The van der Waals surface area contributed by atoms with Crippen molar-refractivity contribution in [3.63, 3.8) is 0 Å². The minimum Gasteiger partial charge on any atom is -0.481 e. The number of aryl methyl sites for hydroxylation is 1. The van der Waals surface area contributed by atoms with Crippen LogP contribution in [0.3, 0.4) is 0 Å². The molecule has 0 saturated carbocycles. The van der Waals surface area contributed by atoms with E-state index in [4.69, 9.17) is 4.74 Å². The Morgan fingerprint density at radius 3 is 2.34 bits per heavy atom. The molecule has 0 aliphatic heterocycles. The molecule has 3 rings (SSSR count). The van der Waals surface area contributed by atoms with Crippen LogP contribution in [0.15, 0.2) is 59.4 Å². The van der Waals surface area contributed by atoms with Gasteiger partial charge in [0.25, 0.3) is 5.91 Å². The Balaban J connectivity index is 1.83. The molecule has 0 saturated heterocycles. The van der Waals surface area contributed by atoms with Crippen molar-refractivity contribution in [3.8, 4) is 11.6 Å². The molecule has 0 bridgehead atoms. The van der Waals surface area contributed by atoms with Crippen LogP contribution in [0.4, 0.5) is 5.69 Å². The van der Waals surface area contributed by atoms with Gasteiger partial charge in [-0.15, -0.1) is 0 Å².